The van der Waals surface area contributed by atoms with Crippen LogP contribution in [-0.2, 0) is 4.79 Å². The lowest BCUT2D eigenvalue weighted by Gasteiger charge is -2.43. The van der Waals surface area contributed by atoms with E-state index in [4.69, 9.17) is 0 Å². The number of nitro benzene ring substituents is 1. The van der Waals surface area contributed by atoms with Gasteiger partial charge in [-0.25, -0.2) is 0 Å². The third-order valence-corrected chi connectivity index (χ3v) is 5.15. The Bertz CT molecular complexity index is 933. The average Bonchev–Trinajstić information content (AvgIpc) is 2.66. The van der Waals surface area contributed by atoms with Crippen LogP contribution in [0.5, 0.6) is 0 Å². The van der Waals surface area contributed by atoms with Crippen molar-refractivity contribution in [3.63, 3.8) is 0 Å². The quantitative estimate of drug-likeness (QED) is 0.591. The summed E-state index contributed by atoms with van der Waals surface area (Å²) in [6.07, 6.45) is -0.656. The van der Waals surface area contributed by atoms with E-state index in [0.717, 1.165) is 0 Å². The van der Waals surface area contributed by atoms with Crippen LogP contribution in [0, 0.1) is 10.1 Å². The number of hydrogen-bond acceptors (Lipinski definition) is 5. The van der Waals surface area contributed by atoms with Crippen molar-refractivity contribution in [1.29, 1.82) is 0 Å². The monoisotopic (exact) mass is 432 g/mol. The first-order valence-electron chi connectivity index (χ1n) is 8.12. The summed E-state index contributed by atoms with van der Waals surface area (Å²) in [4.78, 5) is 39.0. The molecular formula is C18H17BrN4O4. The van der Waals surface area contributed by atoms with Gasteiger partial charge in [-0.15, -0.1) is 0 Å². The zero-order valence-electron chi connectivity index (χ0n) is 14.7. The van der Waals surface area contributed by atoms with Gasteiger partial charge in [0, 0.05) is 25.7 Å². The standard InChI is InChI=1S/C18H17BrN4O4/c1-20-16(24)10-22-14-6-4-3-5-12(14)18(25)21(2)17(22)11-7-8-13(19)15(9-11)23(26)27/h3-9,17H,10H2,1-2H3,(H,20,24)/t17-/m0/s1. The van der Waals surface area contributed by atoms with Crippen molar-refractivity contribution >= 4 is 39.1 Å². The molecule has 1 N–H and O–H groups in total. The maximum atomic E-state index is 12.8. The summed E-state index contributed by atoms with van der Waals surface area (Å²) < 4.78 is 0.347. The Morgan fingerprint density at radius 1 is 1.30 bits per heavy atom. The molecule has 0 bridgehead atoms. The van der Waals surface area contributed by atoms with Crippen LogP contribution < -0.4 is 10.2 Å². The van der Waals surface area contributed by atoms with Gasteiger partial charge in [-0.1, -0.05) is 18.2 Å². The van der Waals surface area contributed by atoms with E-state index < -0.39 is 11.1 Å². The Hall–Kier alpha value is -2.94. The number of carbonyl (C=O) groups excluding carboxylic acids is 2. The van der Waals surface area contributed by atoms with Gasteiger partial charge in [0.2, 0.25) is 5.91 Å². The number of para-hydroxylation sites is 1. The molecule has 9 heteroatoms. The molecule has 0 saturated carbocycles. The molecule has 2 aromatic rings. The molecule has 0 saturated heterocycles. The molecule has 1 heterocycles. The van der Waals surface area contributed by atoms with E-state index in [-0.39, 0.29) is 24.0 Å². The molecule has 0 unspecified atom stereocenters. The van der Waals surface area contributed by atoms with E-state index in [9.17, 15) is 19.7 Å². The lowest BCUT2D eigenvalue weighted by Crippen LogP contribution is -2.50. The van der Waals surface area contributed by atoms with E-state index >= 15 is 0 Å². The van der Waals surface area contributed by atoms with Gasteiger partial charge in [0.25, 0.3) is 11.6 Å². The lowest BCUT2D eigenvalue weighted by atomic mass is 10.0. The number of hydrogen-bond donors (Lipinski definition) is 1. The zero-order chi connectivity index (χ0) is 19.7. The maximum absolute atomic E-state index is 12.8. The highest BCUT2D eigenvalue weighted by Crippen LogP contribution is 2.39. The minimum Gasteiger partial charge on any atom is -0.358 e. The molecule has 3 rings (SSSR count). The summed E-state index contributed by atoms with van der Waals surface area (Å²) in [6, 6.07) is 11.7. The van der Waals surface area contributed by atoms with Crippen LogP contribution in [0.3, 0.4) is 0 Å². The van der Waals surface area contributed by atoms with Crippen LogP contribution in [0.25, 0.3) is 0 Å². The summed E-state index contributed by atoms with van der Waals surface area (Å²) in [5.41, 5.74) is 1.53. The molecule has 1 aliphatic rings. The maximum Gasteiger partial charge on any atom is 0.283 e. The minimum absolute atomic E-state index is 0.000336. The molecule has 2 aromatic carbocycles. The summed E-state index contributed by atoms with van der Waals surface area (Å²) in [7, 11) is 3.15. The van der Waals surface area contributed by atoms with Crippen molar-refractivity contribution in [2.75, 3.05) is 25.5 Å². The first-order valence-corrected chi connectivity index (χ1v) is 8.91. The van der Waals surface area contributed by atoms with Gasteiger partial charge < -0.3 is 15.1 Å². The van der Waals surface area contributed by atoms with Crippen molar-refractivity contribution < 1.29 is 14.5 Å². The summed E-state index contributed by atoms with van der Waals surface area (Å²) in [5, 5.41) is 13.9. The molecule has 0 radical (unpaired) electrons. The van der Waals surface area contributed by atoms with Crippen molar-refractivity contribution in [3.8, 4) is 0 Å². The van der Waals surface area contributed by atoms with Crippen molar-refractivity contribution in [3.05, 3.63) is 68.2 Å². The molecule has 1 aliphatic heterocycles. The number of carbonyl (C=O) groups is 2. The number of fused-ring (bicyclic) bond motifs is 1. The van der Waals surface area contributed by atoms with Gasteiger partial charge in [-0.3, -0.25) is 19.7 Å². The topological polar surface area (TPSA) is 95.8 Å². The van der Waals surface area contributed by atoms with Gasteiger partial charge >= 0.3 is 0 Å². The Balaban J connectivity index is 2.17. The highest BCUT2D eigenvalue weighted by Gasteiger charge is 2.37. The molecule has 0 fully saturated rings. The van der Waals surface area contributed by atoms with Gasteiger partial charge in [-0.05, 0) is 34.1 Å². The smallest absolute Gasteiger partial charge is 0.283 e. The van der Waals surface area contributed by atoms with Gasteiger partial charge in [0.05, 0.1) is 27.2 Å². The van der Waals surface area contributed by atoms with E-state index in [1.54, 1.807) is 48.3 Å². The van der Waals surface area contributed by atoms with Gasteiger partial charge in [0.1, 0.15) is 6.17 Å². The molecule has 0 spiro atoms. The van der Waals surface area contributed by atoms with Crippen molar-refractivity contribution in [2.45, 2.75) is 6.17 Å². The summed E-state index contributed by atoms with van der Waals surface area (Å²) in [6.45, 7) is -0.000336. The highest BCUT2D eigenvalue weighted by atomic mass is 79.9. The number of nitrogens with zero attached hydrogens (tertiary/aromatic N) is 3. The number of rotatable bonds is 4. The molecule has 2 amide bonds. The molecule has 0 aromatic heterocycles. The Morgan fingerprint density at radius 2 is 2.00 bits per heavy atom. The Morgan fingerprint density at radius 3 is 2.67 bits per heavy atom. The SMILES string of the molecule is CNC(=O)CN1c2ccccc2C(=O)N(C)[C@@H]1c1ccc(Br)c([N+](=O)[O-])c1. The number of amides is 2. The van der Waals surface area contributed by atoms with Crippen molar-refractivity contribution in [2.24, 2.45) is 0 Å². The second-order valence-corrected chi connectivity index (χ2v) is 6.93. The van der Waals surface area contributed by atoms with E-state index in [1.807, 2.05) is 0 Å². The van der Waals surface area contributed by atoms with Crippen LogP contribution >= 0.6 is 15.9 Å². The van der Waals surface area contributed by atoms with Crippen molar-refractivity contribution in [1.82, 2.24) is 10.2 Å². The number of likely N-dealkylation sites (N-methyl/N-ethyl adjacent to an activating group) is 1. The second-order valence-electron chi connectivity index (χ2n) is 6.08. The van der Waals surface area contributed by atoms with Crippen LogP contribution in [0.1, 0.15) is 22.1 Å². The molecule has 1 atom stereocenters. The van der Waals surface area contributed by atoms with Crippen LogP contribution in [0.4, 0.5) is 11.4 Å². The van der Waals surface area contributed by atoms with Crippen LogP contribution in [0.15, 0.2) is 46.9 Å². The summed E-state index contributed by atoms with van der Waals surface area (Å²) >= 11 is 3.17. The fraction of sp³-hybridized carbons (Fsp3) is 0.222. The number of nitro groups is 1. The molecule has 140 valence electrons. The highest BCUT2D eigenvalue weighted by molar-refractivity contribution is 9.10. The molecule has 0 aliphatic carbocycles. The Kier molecular flexibility index (Phi) is 5.13. The first-order chi connectivity index (χ1) is 12.8. The molecule has 27 heavy (non-hydrogen) atoms. The third kappa shape index (κ3) is 3.37. The number of nitrogens with one attached hydrogen (secondary N) is 1. The van der Waals surface area contributed by atoms with Crippen LogP contribution in [0.2, 0.25) is 0 Å². The minimum atomic E-state index is -0.656. The summed E-state index contributed by atoms with van der Waals surface area (Å²) in [5.74, 6) is -0.446. The predicted octanol–water partition coefficient (Wildman–Crippen LogP) is 2.69. The average molecular weight is 433 g/mol. The second kappa shape index (κ2) is 7.36. The largest absolute Gasteiger partial charge is 0.358 e. The zero-order valence-corrected chi connectivity index (χ0v) is 16.3. The Labute approximate surface area is 164 Å². The third-order valence-electron chi connectivity index (χ3n) is 4.48. The van der Waals surface area contributed by atoms with Gasteiger partial charge in [0.15, 0.2) is 0 Å². The van der Waals surface area contributed by atoms with E-state index in [2.05, 4.69) is 21.2 Å². The number of anilines is 1. The molecular weight excluding hydrogens is 416 g/mol. The fourth-order valence-electron chi connectivity index (χ4n) is 3.19. The van der Waals surface area contributed by atoms with Gasteiger partial charge in [-0.2, -0.15) is 0 Å². The first kappa shape index (κ1) is 18.8. The van der Waals surface area contributed by atoms with E-state index in [1.165, 1.54) is 18.0 Å². The predicted molar refractivity (Wildman–Crippen MR) is 103 cm³/mol. The number of benzene rings is 2. The van der Waals surface area contributed by atoms with E-state index in [0.29, 0.717) is 21.3 Å². The molecule has 8 nitrogen and oxygen atoms in total. The number of halogens is 1. The van der Waals surface area contributed by atoms with Crippen LogP contribution in [-0.4, -0.2) is 42.3 Å². The normalized spacial score (nSPS) is 16.1. The lowest BCUT2D eigenvalue weighted by molar-refractivity contribution is -0.385. The fourth-order valence-corrected chi connectivity index (χ4v) is 3.58.